The summed E-state index contributed by atoms with van der Waals surface area (Å²) in [6.07, 6.45) is 8.54. The van der Waals surface area contributed by atoms with Crippen molar-refractivity contribution in [3.63, 3.8) is 0 Å². The van der Waals surface area contributed by atoms with Gasteiger partial charge in [0.1, 0.15) is 5.82 Å². The zero-order chi connectivity index (χ0) is 15.8. The highest BCUT2D eigenvalue weighted by Gasteiger charge is 2.16. The van der Waals surface area contributed by atoms with Crippen LogP contribution in [0.4, 0.5) is 4.39 Å². The number of halogens is 1. The van der Waals surface area contributed by atoms with Crippen molar-refractivity contribution in [2.45, 2.75) is 58.3 Å². The maximum atomic E-state index is 14.4. The van der Waals surface area contributed by atoms with Gasteiger partial charge < -0.3 is 0 Å². The quantitative estimate of drug-likeness (QED) is 0.553. The maximum absolute atomic E-state index is 14.4. The monoisotopic (exact) mass is 299 g/mol. The van der Waals surface area contributed by atoms with Crippen molar-refractivity contribution in [3.8, 4) is 11.3 Å². The third kappa shape index (κ3) is 4.40. The van der Waals surface area contributed by atoms with Crippen molar-refractivity contribution in [2.75, 3.05) is 0 Å². The summed E-state index contributed by atoms with van der Waals surface area (Å²) in [4.78, 5) is 4.38. The number of pyridine rings is 1. The average molecular weight is 299 g/mol. The fourth-order valence-electron chi connectivity index (χ4n) is 2.91. The predicted octanol–water partition coefficient (Wildman–Crippen LogP) is 6.35. The van der Waals surface area contributed by atoms with Gasteiger partial charge >= 0.3 is 0 Å². The number of hydrogen-bond acceptors (Lipinski definition) is 1. The molecule has 1 heterocycles. The first-order valence-electron chi connectivity index (χ1n) is 8.47. The molecule has 0 saturated heterocycles. The Labute approximate surface area is 133 Å². The third-order valence-electron chi connectivity index (χ3n) is 4.21. The Hall–Kier alpha value is -1.70. The van der Waals surface area contributed by atoms with E-state index in [1.807, 2.05) is 30.3 Å². The molecule has 0 aliphatic carbocycles. The molecule has 0 aliphatic rings. The number of unbranched alkanes of at least 4 members (excludes halogenated alkanes) is 2. The van der Waals surface area contributed by atoms with E-state index in [4.69, 9.17) is 0 Å². The highest BCUT2D eigenvalue weighted by Crippen LogP contribution is 2.32. The molecule has 0 radical (unpaired) electrons. The van der Waals surface area contributed by atoms with E-state index < -0.39 is 0 Å². The molecular formula is C20H26FN. The van der Waals surface area contributed by atoms with Crippen LogP contribution in [0.25, 0.3) is 11.3 Å². The lowest BCUT2D eigenvalue weighted by Gasteiger charge is -2.18. The molecule has 118 valence electrons. The third-order valence-corrected chi connectivity index (χ3v) is 4.21. The summed E-state index contributed by atoms with van der Waals surface area (Å²) in [6.45, 7) is 4.38. The standard InChI is InChI=1S/C20H26FN/c1-3-5-9-16(10-6-4-2)18-15-17(12-13-19(18)21)20-11-7-8-14-22-20/h7-8,11-16H,3-6,9-10H2,1-2H3. The van der Waals surface area contributed by atoms with E-state index in [0.717, 1.165) is 55.3 Å². The van der Waals surface area contributed by atoms with Gasteiger partial charge in [0.2, 0.25) is 0 Å². The molecule has 0 fully saturated rings. The summed E-state index contributed by atoms with van der Waals surface area (Å²) in [5.74, 6) is 0.250. The zero-order valence-corrected chi connectivity index (χ0v) is 13.7. The van der Waals surface area contributed by atoms with Crippen LogP contribution in [0.3, 0.4) is 0 Å². The first-order valence-corrected chi connectivity index (χ1v) is 8.47. The van der Waals surface area contributed by atoms with Gasteiger partial charge in [0.15, 0.2) is 0 Å². The molecule has 1 nitrogen and oxygen atoms in total. The SMILES string of the molecule is CCCCC(CCCC)c1cc(-c2ccccn2)ccc1F. The van der Waals surface area contributed by atoms with E-state index in [1.54, 1.807) is 12.3 Å². The van der Waals surface area contributed by atoms with E-state index in [9.17, 15) is 4.39 Å². The van der Waals surface area contributed by atoms with Gasteiger partial charge in [0.25, 0.3) is 0 Å². The lowest BCUT2D eigenvalue weighted by Crippen LogP contribution is -2.03. The largest absolute Gasteiger partial charge is 0.256 e. The minimum Gasteiger partial charge on any atom is -0.256 e. The number of hydrogen-bond donors (Lipinski definition) is 0. The Balaban J connectivity index is 2.30. The molecule has 2 aromatic rings. The van der Waals surface area contributed by atoms with Gasteiger partial charge in [-0.1, -0.05) is 45.6 Å². The van der Waals surface area contributed by atoms with Gasteiger partial charge in [-0.3, -0.25) is 4.98 Å². The smallest absolute Gasteiger partial charge is 0.126 e. The van der Waals surface area contributed by atoms with Gasteiger partial charge in [-0.15, -0.1) is 0 Å². The van der Waals surface area contributed by atoms with Crippen molar-refractivity contribution in [1.29, 1.82) is 0 Å². The average Bonchev–Trinajstić information content (AvgIpc) is 2.57. The number of aromatic nitrogens is 1. The van der Waals surface area contributed by atoms with Crippen molar-refractivity contribution in [2.24, 2.45) is 0 Å². The molecule has 0 atom stereocenters. The molecule has 0 amide bonds. The fourth-order valence-corrected chi connectivity index (χ4v) is 2.91. The van der Waals surface area contributed by atoms with E-state index in [0.29, 0.717) is 5.92 Å². The molecule has 0 aliphatic heterocycles. The topological polar surface area (TPSA) is 12.9 Å². The number of rotatable bonds is 8. The molecule has 1 aromatic heterocycles. The van der Waals surface area contributed by atoms with Crippen molar-refractivity contribution in [1.82, 2.24) is 4.98 Å². The van der Waals surface area contributed by atoms with Crippen molar-refractivity contribution < 1.29 is 4.39 Å². The molecule has 0 bridgehead atoms. The number of nitrogens with zero attached hydrogens (tertiary/aromatic N) is 1. The lowest BCUT2D eigenvalue weighted by molar-refractivity contribution is 0.496. The van der Waals surface area contributed by atoms with Gasteiger partial charge in [-0.25, -0.2) is 4.39 Å². The first-order chi connectivity index (χ1) is 10.8. The van der Waals surface area contributed by atoms with Crippen LogP contribution in [0.2, 0.25) is 0 Å². The second kappa shape index (κ2) is 8.67. The van der Waals surface area contributed by atoms with E-state index >= 15 is 0 Å². The van der Waals surface area contributed by atoms with Crippen LogP contribution in [0.5, 0.6) is 0 Å². The number of benzene rings is 1. The van der Waals surface area contributed by atoms with Crippen molar-refractivity contribution >= 4 is 0 Å². The Morgan fingerprint density at radius 1 is 1.00 bits per heavy atom. The van der Waals surface area contributed by atoms with E-state index in [1.165, 1.54) is 0 Å². The van der Waals surface area contributed by atoms with Crippen LogP contribution in [0.1, 0.15) is 63.9 Å². The minimum absolute atomic E-state index is 0.0723. The summed E-state index contributed by atoms with van der Waals surface area (Å²) < 4.78 is 14.4. The molecule has 0 saturated carbocycles. The van der Waals surface area contributed by atoms with Crippen LogP contribution in [0.15, 0.2) is 42.6 Å². The summed E-state index contributed by atoms with van der Waals surface area (Å²) in [5.41, 5.74) is 2.79. The predicted molar refractivity (Wildman–Crippen MR) is 91.4 cm³/mol. The second-order valence-corrected chi connectivity index (χ2v) is 5.93. The van der Waals surface area contributed by atoms with Crippen LogP contribution < -0.4 is 0 Å². The van der Waals surface area contributed by atoms with Crippen LogP contribution in [-0.2, 0) is 0 Å². The van der Waals surface area contributed by atoms with Crippen LogP contribution in [0, 0.1) is 5.82 Å². The highest BCUT2D eigenvalue weighted by atomic mass is 19.1. The maximum Gasteiger partial charge on any atom is 0.126 e. The summed E-state index contributed by atoms with van der Waals surface area (Å²) in [7, 11) is 0. The van der Waals surface area contributed by atoms with Crippen LogP contribution >= 0.6 is 0 Å². The van der Waals surface area contributed by atoms with Crippen LogP contribution in [-0.4, -0.2) is 4.98 Å². The second-order valence-electron chi connectivity index (χ2n) is 5.93. The lowest BCUT2D eigenvalue weighted by atomic mass is 9.87. The fraction of sp³-hybridized carbons (Fsp3) is 0.450. The highest BCUT2D eigenvalue weighted by molar-refractivity contribution is 5.60. The molecule has 0 N–H and O–H groups in total. The summed E-state index contributed by atoms with van der Waals surface area (Å²) in [6, 6.07) is 11.3. The van der Waals surface area contributed by atoms with E-state index in [2.05, 4.69) is 18.8 Å². The molecular weight excluding hydrogens is 273 g/mol. The molecule has 2 rings (SSSR count). The van der Waals surface area contributed by atoms with Gasteiger partial charge in [-0.2, -0.15) is 0 Å². The minimum atomic E-state index is -0.0723. The molecule has 2 heteroatoms. The van der Waals surface area contributed by atoms with Gasteiger partial charge in [-0.05, 0) is 54.7 Å². The van der Waals surface area contributed by atoms with E-state index in [-0.39, 0.29) is 5.82 Å². The van der Waals surface area contributed by atoms with Gasteiger partial charge in [0.05, 0.1) is 5.69 Å². The molecule has 0 spiro atoms. The van der Waals surface area contributed by atoms with Gasteiger partial charge in [0, 0.05) is 11.8 Å². The Kier molecular flexibility index (Phi) is 6.57. The first kappa shape index (κ1) is 16.7. The Morgan fingerprint density at radius 2 is 1.73 bits per heavy atom. The molecule has 1 aromatic carbocycles. The zero-order valence-electron chi connectivity index (χ0n) is 13.7. The Bertz CT molecular complexity index is 557. The summed E-state index contributed by atoms with van der Waals surface area (Å²) >= 11 is 0. The van der Waals surface area contributed by atoms with Crippen molar-refractivity contribution in [3.05, 3.63) is 54.0 Å². The summed E-state index contributed by atoms with van der Waals surface area (Å²) in [5, 5.41) is 0. The Morgan fingerprint density at radius 3 is 2.32 bits per heavy atom. The molecule has 0 unspecified atom stereocenters. The normalized spacial score (nSPS) is 11.1. The molecule has 22 heavy (non-hydrogen) atoms.